The zero-order valence-electron chi connectivity index (χ0n) is 33.6. The third-order valence-corrected chi connectivity index (χ3v) is 11.3. The summed E-state index contributed by atoms with van der Waals surface area (Å²) in [6.45, 7) is 6.47. The number of carbonyl (C=O) groups excluding carboxylic acids is 4. The van der Waals surface area contributed by atoms with Crippen molar-refractivity contribution in [3.63, 3.8) is 0 Å². The normalized spacial score (nSPS) is 20.3. The summed E-state index contributed by atoms with van der Waals surface area (Å²) in [4.78, 5) is 49.8. The van der Waals surface area contributed by atoms with Gasteiger partial charge in [-0.2, -0.15) is 0 Å². The molecule has 0 atom stereocenters. The number of ether oxygens (including phenoxy) is 4. The summed E-state index contributed by atoms with van der Waals surface area (Å²) >= 11 is 0. The quantitative estimate of drug-likeness (QED) is 0.0394. The van der Waals surface area contributed by atoms with Crippen LogP contribution in [0.3, 0.4) is 0 Å². The van der Waals surface area contributed by atoms with Crippen molar-refractivity contribution in [3.05, 3.63) is 0 Å². The molecule has 0 aromatic heterocycles. The molecule has 2 fully saturated rings. The minimum atomic E-state index is -0.0893. The van der Waals surface area contributed by atoms with E-state index in [1.165, 1.54) is 89.9 Å². The third kappa shape index (κ3) is 22.2. The van der Waals surface area contributed by atoms with Gasteiger partial charge in [-0.05, 0) is 77.0 Å². The van der Waals surface area contributed by atoms with Crippen molar-refractivity contribution in [2.45, 2.75) is 206 Å². The SMILES string of the molecule is CCCCCCCCOC(=O)C1CCC(C(=O)OCCCCCCCCCCCCOC(=O)C2CCC(C(=O)OCCCCCCCC)CC2)CC1. The lowest BCUT2D eigenvalue weighted by atomic mass is 9.82. The van der Waals surface area contributed by atoms with Gasteiger partial charge in [-0.1, -0.05) is 129 Å². The summed E-state index contributed by atoms with van der Waals surface area (Å²) in [5.74, 6) is -0.602. The van der Waals surface area contributed by atoms with Crippen LogP contribution in [0.5, 0.6) is 0 Å². The summed E-state index contributed by atoms with van der Waals surface area (Å²) in [6, 6.07) is 0. The van der Waals surface area contributed by atoms with Gasteiger partial charge in [0.2, 0.25) is 0 Å². The molecule has 0 aromatic rings. The van der Waals surface area contributed by atoms with Crippen molar-refractivity contribution in [1.82, 2.24) is 0 Å². The highest BCUT2D eigenvalue weighted by Gasteiger charge is 2.32. The van der Waals surface area contributed by atoms with E-state index >= 15 is 0 Å². The Kier molecular flexibility index (Phi) is 27.7. The Labute approximate surface area is 318 Å². The number of unbranched alkanes of at least 4 members (excludes halogenated alkanes) is 19. The van der Waals surface area contributed by atoms with Gasteiger partial charge < -0.3 is 18.9 Å². The van der Waals surface area contributed by atoms with Crippen molar-refractivity contribution in [2.24, 2.45) is 23.7 Å². The van der Waals surface area contributed by atoms with E-state index in [0.29, 0.717) is 26.4 Å². The highest BCUT2D eigenvalue weighted by Crippen LogP contribution is 2.32. The molecule has 8 heteroatoms. The molecule has 2 aliphatic rings. The minimum absolute atomic E-state index is 0.0602. The third-order valence-electron chi connectivity index (χ3n) is 11.3. The average Bonchev–Trinajstić information content (AvgIpc) is 3.17. The van der Waals surface area contributed by atoms with Crippen LogP contribution in [0.25, 0.3) is 0 Å². The molecule has 0 heterocycles. The highest BCUT2D eigenvalue weighted by molar-refractivity contribution is 5.76. The predicted octanol–water partition coefficient (Wildman–Crippen LogP) is 11.4. The molecule has 0 bridgehead atoms. The van der Waals surface area contributed by atoms with E-state index in [4.69, 9.17) is 18.9 Å². The van der Waals surface area contributed by atoms with Crippen LogP contribution in [0.1, 0.15) is 206 Å². The lowest BCUT2D eigenvalue weighted by Crippen LogP contribution is -2.28. The molecular weight excluding hydrogens is 656 g/mol. The summed E-state index contributed by atoms with van der Waals surface area (Å²) < 4.78 is 22.2. The average molecular weight is 735 g/mol. The molecule has 0 saturated heterocycles. The molecule has 2 saturated carbocycles. The van der Waals surface area contributed by atoms with E-state index in [1.807, 2.05) is 0 Å². The number of hydrogen-bond donors (Lipinski definition) is 0. The summed E-state index contributed by atoms with van der Waals surface area (Å²) in [5.41, 5.74) is 0. The van der Waals surface area contributed by atoms with Crippen molar-refractivity contribution >= 4 is 23.9 Å². The summed E-state index contributed by atoms with van der Waals surface area (Å²) in [5, 5.41) is 0. The van der Waals surface area contributed by atoms with Crippen LogP contribution in [0.2, 0.25) is 0 Å². The number of esters is 4. The molecule has 8 nitrogen and oxygen atoms in total. The second kappa shape index (κ2) is 31.3. The minimum Gasteiger partial charge on any atom is -0.465 e. The molecule has 0 unspecified atom stereocenters. The Hall–Kier alpha value is -2.12. The first-order valence-electron chi connectivity index (χ1n) is 22.1. The van der Waals surface area contributed by atoms with E-state index in [2.05, 4.69) is 13.8 Å². The van der Waals surface area contributed by atoms with E-state index in [9.17, 15) is 19.2 Å². The predicted molar refractivity (Wildman–Crippen MR) is 208 cm³/mol. The van der Waals surface area contributed by atoms with Crippen LogP contribution in [0.15, 0.2) is 0 Å². The van der Waals surface area contributed by atoms with Crippen LogP contribution in [0, 0.1) is 23.7 Å². The largest absolute Gasteiger partial charge is 0.465 e. The molecule has 0 aliphatic heterocycles. The van der Waals surface area contributed by atoms with Gasteiger partial charge in [-0.15, -0.1) is 0 Å². The maximum absolute atomic E-state index is 12.5. The Bertz CT molecular complexity index is 845. The van der Waals surface area contributed by atoms with Crippen molar-refractivity contribution in [3.8, 4) is 0 Å². The van der Waals surface area contributed by atoms with Gasteiger partial charge in [0.25, 0.3) is 0 Å². The molecule has 2 rings (SSSR count). The second-order valence-corrected chi connectivity index (χ2v) is 15.8. The van der Waals surface area contributed by atoms with Gasteiger partial charge in [-0.3, -0.25) is 19.2 Å². The smallest absolute Gasteiger partial charge is 0.308 e. The highest BCUT2D eigenvalue weighted by atomic mass is 16.5. The van der Waals surface area contributed by atoms with Gasteiger partial charge in [0, 0.05) is 0 Å². The van der Waals surface area contributed by atoms with Gasteiger partial charge >= 0.3 is 23.9 Å². The number of hydrogen-bond acceptors (Lipinski definition) is 8. The van der Waals surface area contributed by atoms with Gasteiger partial charge in [0.1, 0.15) is 0 Å². The van der Waals surface area contributed by atoms with Crippen LogP contribution in [-0.4, -0.2) is 50.3 Å². The lowest BCUT2D eigenvalue weighted by molar-refractivity contribution is -0.155. The lowest BCUT2D eigenvalue weighted by Gasteiger charge is -2.26. The number of rotatable bonds is 31. The molecule has 2 aliphatic carbocycles. The second-order valence-electron chi connectivity index (χ2n) is 15.8. The first kappa shape index (κ1) is 46.0. The first-order chi connectivity index (χ1) is 25.5. The maximum atomic E-state index is 12.5. The Morgan fingerprint density at radius 1 is 0.308 bits per heavy atom. The van der Waals surface area contributed by atoms with Crippen molar-refractivity contribution in [1.29, 1.82) is 0 Å². The fourth-order valence-electron chi connectivity index (χ4n) is 7.68. The molecule has 302 valence electrons. The zero-order valence-corrected chi connectivity index (χ0v) is 33.6. The van der Waals surface area contributed by atoms with Crippen LogP contribution < -0.4 is 0 Å². The van der Waals surface area contributed by atoms with Crippen LogP contribution in [-0.2, 0) is 38.1 Å². The fraction of sp³-hybridized carbons (Fsp3) is 0.909. The molecule has 0 aromatic carbocycles. The van der Waals surface area contributed by atoms with Crippen molar-refractivity contribution < 1.29 is 38.1 Å². The number of carbonyl (C=O) groups is 4. The van der Waals surface area contributed by atoms with E-state index < -0.39 is 0 Å². The molecular formula is C44H78O8. The Morgan fingerprint density at radius 3 is 0.673 bits per heavy atom. The molecule has 0 N–H and O–H groups in total. The standard InChI is InChI=1S/C44H78O8/c1-3-5-7-9-17-21-33-49-41(45)37-25-29-39(30-26-37)43(47)51-35-23-19-15-13-11-12-14-16-20-24-36-52-44(48)40-31-27-38(28-32-40)42(46)50-34-22-18-10-8-6-4-2/h37-40H,3-36H2,1-2H3. The Balaban J connectivity index is 1.33. The topological polar surface area (TPSA) is 105 Å². The Morgan fingerprint density at radius 2 is 0.481 bits per heavy atom. The fourth-order valence-corrected chi connectivity index (χ4v) is 7.68. The summed E-state index contributed by atoms with van der Waals surface area (Å²) in [7, 11) is 0. The molecule has 0 radical (unpaired) electrons. The van der Waals surface area contributed by atoms with Crippen molar-refractivity contribution in [2.75, 3.05) is 26.4 Å². The van der Waals surface area contributed by atoms with Gasteiger partial charge in [0.15, 0.2) is 0 Å². The van der Waals surface area contributed by atoms with E-state index in [1.54, 1.807) is 0 Å². The first-order valence-corrected chi connectivity index (χ1v) is 22.1. The monoisotopic (exact) mass is 735 g/mol. The van der Waals surface area contributed by atoms with Gasteiger partial charge in [-0.25, -0.2) is 0 Å². The zero-order chi connectivity index (χ0) is 37.5. The summed E-state index contributed by atoms with van der Waals surface area (Å²) in [6.07, 6.45) is 31.2. The molecule has 0 amide bonds. The molecule has 0 spiro atoms. The van der Waals surface area contributed by atoms with Gasteiger partial charge in [0.05, 0.1) is 50.1 Å². The van der Waals surface area contributed by atoms with Crippen LogP contribution in [0.4, 0.5) is 0 Å². The van der Waals surface area contributed by atoms with E-state index in [0.717, 1.165) is 103 Å². The van der Waals surface area contributed by atoms with E-state index in [-0.39, 0.29) is 47.5 Å². The molecule has 52 heavy (non-hydrogen) atoms. The van der Waals surface area contributed by atoms with Crippen LogP contribution >= 0.6 is 0 Å². The maximum Gasteiger partial charge on any atom is 0.308 e.